The number of aromatic nitrogens is 2. The van der Waals surface area contributed by atoms with Crippen LogP contribution in [-0.4, -0.2) is 9.55 Å². The molecular weight excluding hydrogens is 396 g/mol. The van der Waals surface area contributed by atoms with Crippen LogP contribution in [-0.2, 0) is 5.41 Å². The molecule has 0 amide bonds. The Hall–Kier alpha value is -3.43. The molecule has 0 bridgehead atoms. The van der Waals surface area contributed by atoms with Gasteiger partial charge in [-0.1, -0.05) is 79.8 Å². The monoisotopic (exact) mass is 416 g/mol. The first-order chi connectivity index (χ1) is 15.1. The number of nitrogens with zero attached hydrogens (tertiary/aromatic N) is 2. The molecule has 0 saturated heterocycles. The van der Waals surface area contributed by atoms with Crippen molar-refractivity contribution in [3.63, 3.8) is 0 Å². The average Bonchev–Trinajstić information content (AvgIpc) is 3.42. The van der Waals surface area contributed by atoms with Crippen LogP contribution in [0.2, 0.25) is 0 Å². The third kappa shape index (κ3) is 2.19. The molecule has 0 atom stereocenters. The Kier molecular flexibility index (Phi) is 3.25. The van der Waals surface area contributed by atoms with E-state index in [1.165, 1.54) is 48.8 Å². The number of hydrogen-bond acceptors (Lipinski definition) is 2. The van der Waals surface area contributed by atoms with Crippen LogP contribution in [0.5, 0.6) is 0 Å². The Morgan fingerprint density at radius 2 is 1.48 bits per heavy atom. The van der Waals surface area contributed by atoms with Gasteiger partial charge in [0.1, 0.15) is 0 Å². The summed E-state index contributed by atoms with van der Waals surface area (Å²) in [6.45, 7) is 4.69. The Balaban J connectivity index is 1.63. The van der Waals surface area contributed by atoms with Crippen molar-refractivity contribution >= 4 is 43.4 Å². The van der Waals surface area contributed by atoms with Crippen LogP contribution in [0.1, 0.15) is 25.0 Å². The first kappa shape index (κ1) is 17.3. The Morgan fingerprint density at radius 1 is 0.710 bits per heavy atom. The third-order valence-corrected chi connectivity index (χ3v) is 7.87. The summed E-state index contributed by atoms with van der Waals surface area (Å²) in [6, 6.07) is 30.8. The molecule has 31 heavy (non-hydrogen) atoms. The summed E-state index contributed by atoms with van der Waals surface area (Å²) >= 11 is 1.76. The Bertz CT molecular complexity index is 1630. The minimum Gasteiger partial charge on any atom is -0.285 e. The third-order valence-electron chi connectivity index (χ3n) is 6.85. The number of benzene rings is 4. The molecule has 0 N–H and O–H groups in total. The summed E-state index contributed by atoms with van der Waals surface area (Å²) < 4.78 is 3.57. The quantitative estimate of drug-likeness (QED) is 0.268. The maximum atomic E-state index is 5.00. The van der Waals surface area contributed by atoms with Gasteiger partial charge in [0, 0.05) is 16.2 Å². The van der Waals surface area contributed by atoms with E-state index in [-0.39, 0.29) is 5.41 Å². The summed E-state index contributed by atoms with van der Waals surface area (Å²) in [4.78, 5) is 5.00. The van der Waals surface area contributed by atoms with E-state index < -0.39 is 0 Å². The van der Waals surface area contributed by atoms with Crippen LogP contribution in [0, 0.1) is 0 Å². The Morgan fingerprint density at radius 3 is 2.39 bits per heavy atom. The van der Waals surface area contributed by atoms with Crippen molar-refractivity contribution in [3.8, 4) is 16.3 Å². The zero-order valence-corrected chi connectivity index (χ0v) is 18.2. The van der Waals surface area contributed by atoms with E-state index >= 15 is 0 Å². The minimum absolute atomic E-state index is 0.000811. The fourth-order valence-corrected chi connectivity index (χ4v) is 6.32. The van der Waals surface area contributed by atoms with E-state index in [0.29, 0.717) is 0 Å². The molecule has 1 aliphatic rings. The minimum atomic E-state index is -0.000811. The lowest BCUT2D eigenvalue weighted by molar-refractivity contribution is 0.661. The van der Waals surface area contributed by atoms with Gasteiger partial charge < -0.3 is 0 Å². The SMILES string of the molecule is CC1(C)c2ccccc2-c2cc3c(cc21)c1ccccc1n3-c1nc2ccccc2s1. The molecule has 0 aliphatic heterocycles. The van der Waals surface area contributed by atoms with Crippen molar-refractivity contribution in [2.75, 3.05) is 0 Å². The van der Waals surface area contributed by atoms with Crippen molar-refractivity contribution in [1.82, 2.24) is 9.55 Å². The highest BCUT2D eigenvalue weighted by Gasteiger charge is 2.36. The van der Waals surface area contributed by atoms with Gasteiger partial charge in [-0.05, 0) is 52.6 Å². The largest absolute Gasteiger partial charge is 0.285 e. The molecule has 148 valence electrons. The van der Waals surface area contributed by atoms with Crippen molar-refractivity contribution < 1.29 is 0 Å². The second-order valence-corrected chi connectivity index (χ2v) is 9.91. The zero-order valence-electron chi connectivity index (χ0n) is 17.4. The van der Waals surface area contributed by atoms with Gasteiger partial charge in [-0.25, -0.2) is 4.98 Å². The summed E-state index contributed by atoms with van der Waals surface area (Å²) in [5.74, 6) is 0. The molecule has 3 heteroatoms. The van der Waals surface area contributed by atoms with E-state index in [0.717, 1.165) is 10.6 Å². The molecule has 7 rings (SSSR count). The van der Waals surface area contributed by atoms with E-state index in [9.17, 15) is 0 Å². The average molecular weight is 417 g/mol. The molecule has 2 aromatic heterocycles. The van der Waals surface area contributed by atoms with Gasteiger partial charge in [0.15, 0.2) is 5.13 Å². The fraction of sp³-hybridized carbons (Fsp3) is 0.107. The summed E-state index contributed by atoms with van der Waals surface area (Å²) in [6.07, 6.45) is 0. The van der Waals surface area contributed by atoms with Gasteiger partial charge in [-0.15, -0.1) is 0 Å². The number of fused-ring (bicyclic) bond motifs is 7. The predicted molar refractivity (Wildman–Crippen MR) is 132 cm³/mol. The molecule has 4 aromatic carbocycles. The second kappa shape index (κ2) is 5.83. The van der Waals surface area contributed by atoms with E-state index in [2.05, 4.69) is 103 Å². The van der Waals surface area contributed by atoms with Crippen LogP contribution in [0.25, 0.3) is 48.3 Å². The highest BCUT2D eigenvalue weighted by atomic mass is 32.1. The van der Waals surface area contributed by atoms with Crippen LogP contribution < -0.4 is 0 Å². The van der Waals surface area contributed by atoms with Crippen LogP contribution >= 0.6 is 11.3 Å². The Labute approximate surface area is 184 Å². The van der Waals surface area contributed by atoms with Gasteiger partial charge in [0.05, 0.1) is 21.3 Å². The highest BCUT2D eigenvalue weighted by Crippen LogP contribution is 2.51. The predicted octanol–water partition coefficient (Wildman–Crippen LogP) is 7.70. The summed E-state index contributed by atoms with van der Waals surface area (Å²) in [5, 5.41) is 3.61. The molecule has 6 aromatic rings. The van der Waals surface area contributed by atoms with Crippen molar-refractivity contribution in [2.45, 2.75) is 19.3 Å². The van der Waals surface area contributed by atoms with Gasteiger partial charge in [0.2, 0.25) is 0 Å². The van der Waals surface area contributed by atoms with Crippen LogP contribution in [0.4, 0.5) is 0 Å². The molecule has 2 nitrogen and oxygen atoms in total. The molecule has 0 unspecified atom stereocenters. The van der Waals surface area contributed by atoms with Crippen molar-refractivity contribution in [3.05, 3.63) is 96.1 Å². The van der Waals surface area contributed by atoms with E-state index in [1.54, 1.807) is 11.3 Å². The molecule has 1 aliphatic carbocycles. The number of para-hydroxylation sites is 2. The smallest absolute Gasteiger partial charge is 0.195 e. The molecule has 2 heterocycles. The standard InChI is InChI=1S/C28H20N2S/c1-28(2)21-11-5-3-9-17(21)19-16-25-20(15-22(19)28)18-10-4-7-13-24(18)30(25)27-29-23-12-6-8-14-26(23)31-27/h3-16H,1-2H3. The second-order valence-electron chi connectivity index (χ2n) is 8.90. The van der Waals surface area contributed by atoms with Crippen molar-refractivity contribution in [1.29, 1.82) is 0 Å². The lowest BCUT2D eigenvalue weighted by atomic mass is 9.82. The zero-order chi connectivity index (χ0) is 20.7. The normalized spacial score (nSPS) is 14.4. The van der Waals surface area contributed by atoms with E-state index in [1.807, 2.05) is 0 Å². The lowest BCUT2D eigenvalue weighted by Crippen LogP contribution is -2.14. The molecule has 0 fully saturated rings. The topological polar surface area (TPSA) is 17.8 Å². The highest BCUT2D eigenvalue weighted by molar-refractivity contribution is 7.20. The van der Waals surface area contributed by atoms with Crippen molar-refractivity contribution in [2.24, 2.45) is 0 Å². The maximum absolute atomic E-state index is 5.00. The first-order valence-corrected chi connectivity index (χ1v) is 11.5. The van der Waals surface area contributed by atoms with E-state index in [4.69, 9.17) is 4.98 Å². The summed E-state index contributed by atoms with van der Waals surface area (Å²) in [5.41, 5.74) is 9.02. The first-order valence-electron chi connectivity index (χ1n) is 10.7. The number of hydrogen-bond donors (Lipinski definition) is 0. The van der Waals surface area contributed by atoms with Crippen LogP contribution in [0.15, 0.2) is 84.9 Å². The number of thiazole rings is 1. The van der Waals surface area contributed by atoms with Gasteiger partial charge in [0.25, 0.3) is 0 Å². The van der Waals surface area contributed by atoms with Crippen LogP contribution in [0.3, 0.4) is 0 Å². The molecule has 0 spiro atoms. The lowest BCUT2D eigenvalue weighted by Gasteiger charge is -2.21. The maximum Gasteiger partial charge on any atom is 0.195 e. The summed E-state index contributed by atoms with van der Waals surface area (Å²) in [7, 11) is 0. The fourth-order valence-electron chi connectivity index (χ4n) is 5.32. The molecule has 0 radical (unpaired) electrons. The molecular formula is C28H20N2S. The molecule has 0 saturated carbocycles. The number of rotatable bonds is 1. The van der Waals surface area contributed by atoms with Gasteiger partial charge in [-0.2, -0.15) is 0 Å². The van der Waals surface area contributed by atoms with Gasteiger partial charge >= 0.3 is 0 Å². The van der Waals surface area contributed by atoms with Gasteiger partial charge in [-0.3, -0.25) is 4.57 Å².